The van der Waals surface area contributed by atoms with Crippen molar-refractivity contribution in [1.29, 1.82) is 0 Å². The van der Waals surface area contributed by atoms with Gasteiger partial charge in [0.05, 0.1) is 0 Å². The Kier molecular flexibility index (Phi) is 1.93. The van der Waals surface area contributed by atoms with Crippen LogP contribution in [0.3, 0.4) is 0 Å². The van der Waals surface area contributed by atoms with E-state index in [0.717, 1.165) is 10.4 Å². The molecule has 0 radical (unpaired) electrons. The first-order valence-corrected chi connectivity index (χ1v) is 4.68. The summed E-state index contributed by atoms with van der Waals surface area (Å²) in [6, 6.07) is 8.40. The molecule has 13 heavy (non-hydrogen) atoms. The summed E-state index contributed by atoms with van der Waals surface area (Å²) >= 11 is 5.12. The number of aryl methyl sites for hydroxylation is 1. The Hall–Kier alpha value is -1.15. The number of thiocarbonyl (C=S) groups is 1. The van der Waals surface area contributed by atoms with E-state index in [9.17, 15) is 0 Å². The van der Waals surface area contributed by atoms with Crippen LogP contribution < -0.4 is 0 Å². The fourth-order valence-electron chi connectivity index (χ4n) is 1.50. The van der Waals surface area contributed by atoms with Crippen LogP contribution in [-0.4, -0.2) is 9.85 Å². The predicted octanol–water partition coefficient (Wildman–Crippen LogP) is 3.21. The molecule has 0 spiro atoms. The molecule has 1 heterocycles. The fraction of sp³-hybridized carbons (Fsp3) is 0.182. The van der Waals surface area contributed by atoms with E-state index in [0.29, 0.717) is 0 Å². The highest BCUT2D eigenvalue weighted by Gasteiger charge is 1.99. The summed E-state index contributed by atoms with van der Waals surface area (Å²) in [5, 5.41) is 1.24. The SMILES string of the molecule is CC(=S)c1ccc2[nH]c(C)cc2c1. The van der Waals surface area contributed by atoms with Crippen LogP contribution >= 0.6 is 12.2 Å². The standard InChI is InChI=1S/C11H11NS/c1-7-5-10-6-9(8(2)13)3-4-11(10)12-7/h3-6,12H,1-2H3. The Morgan fingerprint density at radius 3 is 2.77 bits per heavy atom. The highest BCUT2D eigenvalue weighted by Crippen LogP contribution is 2.17. The van der Waals surface area contributed by atoms with Gasteiger partial charge in [-0.25, -0.2) is 0 Å². The van der Waals surface area contributed by atoms with Crippen LogP contribution in [0.5, 0.6) is 0 Å². The Labute approximate surface area is 82.8 Å². The van der Waals surface area contributed by atoms with E-state index in [1.807, 2.05) is 6.92 Å². The summed E-state index contributed by atoms with van der Waals surface area (Å²) < 4.78 is 0. The monoisotopic (exact) mass is 189 g/mol. The number of fused-ring (bicyclic) bond motifs is 1. The molecule has 0 saturated heterocycles. The second kappa shape index (κ2) is 2.96. The molecule has 0 atom stereocenters. The first kappa shape index (κ1) is 8.45. The van der Waals surface area contributed by atoms with Gasteiger partial charge in [-0.15, -0.1) is 0 Å². The zero-order chi connectivity index (χ0) is 9.42. The summed E-state index contributed by atoms with van der Waals surface area (Å²) in [5.74, 6) is 0. The van der Waals surface area contributed by atoms with Gasteiger partial charge in [0.1, 0.15) is 0 Å². The molecule has 2 rings (SSSR count). The number of aromatic nitrogens is 1. The Balaban J connectivity index is 2.67. The molecule has 0 fully saturated rings. The van der Waals surface area contributed by atoms with E-state index in [-0.39, 0.29) is 0 Å². The molecule has 2 aromatic rings. The molecule has 1 N–H and O–H groups in total. The first-order valence-electron chi connectivity index (χ1n) is 4.27. The molecule has 0 saturated carbocycles. The van der Waals surface area contributed by atoms with Gasteiger partial charge in [0.25, 0.3) is 0 Å². The maximum atomic E-state index is 5.12. The third-order valence-electron chi connectivity index (χ3n) is 2.16. The lowest BCUT2D eigenvalue weighted by atomic mass is 10.1. The van der Waals surface area contributed by atoms with Gasteiger partial charge in [-0.1, -0.05) is 18.3 Å². The topological polar surface area (TPSA) is 15.8 Å². The molecule has 0 bridgehead atoms. The van der Waals surface area contributed by atoms with Crippen molar-refractivity contribution in [2.45, 2.75) is 13.8 Å². The van der Waals surface area contributed by atoms with Crippen molar-refractivity contribution in [3.05, 3.63) is 35.5 Å². The van der Waals surface area contributed by atoms with Crippen molar-refractivity contribution in [2.75, 3.05) is 0 Å². The van der Waals surface area contributed by atoms with Gasteiger partial charge in [-0.2, -0.15) is 0 Å². The second-order valence-electron chi connectivity index (χ2n) is 3.31. The largest absolute Gasteiger partial charge is 0.359 e. The lowest BCUT2D eigenvalue weighted by molar-refractivity contribution is 1.30. The molecule has 0 aliphatic heterocycles. The van der Waals surface area contributed by atoms with Crippen molar-refractivity contribution < 1.29 is 0 Å². The minimum Gasteiger partial charge on any atom is -0.359 e. The van der Waals surface area contributed by atoms with Crippen LogP contribution in [0, 0.1) is 6.92 Å². The summed E-state index contributed by atoms with van der Waals surface area (Å²) in [7, 11) is 0. The molecular formula is C11H11NS. The average Bonchev–Trinajstić information content (AvgIpc) is 2.42. The van der Waals surface area contributed by atoms with E-state index >= 15 is 0 Å². The van der Waals surface area contributed by atoms with Crippen LogP contribution in [-0.2, 0) is 0 Å². The van der Waals surface area contributed by atoms with Gasteiger partial charge in [0.15, 0.2) is 0 Å². The highest BCUT2D eigenvalue weighted by atomic mass is 32.1. The highest BCUT2D eigenvalue weighted by molar-refractivity contribution is 7.80. The summed E-state index contributed by atoms with van der Waals surface area (Å²) in [4.78, 5) is 4.23. The minimum absolute atomic E-state index is 0.945. The van der Waals surface area contributed by atoms with Gasteiger partial charge in [0.2, 0.25) is 0 Å². The quantitative estimate of drug-likeness (QED) is 0.538. The van der Waals surface area contributed by atoms with Crippen LogP contribution in [0.1, 0.15) is 18.2 Å². The molecule has 1 nitrogen and oxygen atoms in total. The van der Waals surface area contributed by atoms with Crippen molar-refractivity contribution in [3.63, 3.8) is 0 Å². The first-order chi connectivity index (χ1) is 6.16. The molecule has 2 heteroatoms. The summed E-state index contributed by atoms with van der Waals surface area (Å²) in [6.07, 6.45) is 0. The molecule has 1 aromatic carbocycles. The zero-order valence-corrected chi connectivity index (χ0v) is 8.53. The van der Waals surface area contributed by atoms with Crippen LogP contribution in [0.15, 0.2) is 24.3 Å². The minimum atomic E-state index is 0.945. The number of benzene rings is 1. The lowest BCUT2D eigenvalue weighted by Crippen LogP contribution is -1.88. The molecule has 0 amide bonds. The van der Waals surface area contributed by atoms with Gasteiger partial charge >= 0.3 is 0 Å². The van der Waals surface area contributed by atoms with Gasteiger partial charge in [-0.3, -0.25) is 0 Å². The van der Waals surface area contributed by atoms with Gasteiger partial charge in [-0.05, 0) is 37.6 Å². The number of rotatable bonds is 1. The molecule has 0 aliphatic carbocycles. The van der Waals surface area contributed by atoms with Crippen LogP contribution in [0.2, 0.25) is 0 Å². The van der Waals surface area contributed by atoms with E-state index in [4.69, 9.17) is 12.2 Å². The van der Waals surface area contributed by atoms with Crippen molar-refractivity contribution >= 4 is 28.0 Å². The summed E-state index contributed by atoms with van der Waals surface area (Å²) in [5.41, 5.74) is 3.51. The summed E-state index contributed by atoms with van der Waals surface area (Å²) in [6.45, 7) is 4.01. The number of H-pyrrole nitrogens is 1. The van der Waals surface area contributed by atoms with Crippen LogP contribution in [0.4, 0.5) is 0 Å². The maximum Gasteiger partial charge on any atom is 0.0456 e. The molecule has 0 unspecified atom stereocenters. The average molecular weight is 189 g/mol. The van der Waals surface area contributed by atoms with E-state index < -0.39 is 0 Å². The molecule has 0 aliphatic rings. The van der Waals surface area contributed by atoms with Crippen molar-refractivity contribution in [2.24, 2.45) is 0 Å². The van der Waals surface area contributed by atoms with Crippen molar-refractivity contribution in [3.8, 4) is 0 Å². The Morgan fingerprint density at radius 1 is 1.31 bits per heavy atom. The van der Waals surface area contributed by atoms with E-state index in [1.165, 1.54) is 16.6 Å². The zero-order valence-electron chi connectivity index (χ0n) is 7.72. The van der Waals surface area contributed by atoms with E-state index in [1.54, 1.807) is 0 Å². The smallest absolute Gasteiger partial charge is 0.0456 e. The van der Waals surface area contributed by atoms with Crippen molar-refractivity contribution in [1.82, 2.24) is 4.98 Å². The van der Waals surface area contributed by atoms with Gasteiger partial charge in [0, 0.05) is 21.5 Å². The third-order valence-corrected chi connectivity index (χ3v) is 2.40. The van der Waals surface area contributed by atoms with Gasteiger partial charge < -0.3 is 4.98 Å². The third kappa shape index (κ3) is 1.49. The number of nitrogens with one attached hydrogen (secondary N) is 1. The van der Waals surface area contributed by atoms with Crippen LogP contribution in [0.25, 0.3) is 10.9 Å². The number of aromatic amines is 1. The lowest BCUT2D eigenvalue weighted by Gasteiger charge is -1.96. The fourth-order valence-corrected chi connectivity index (χ4v) is 1.62. The molecule has 66 valence electrons. The number of hydrogen-bond acceptors (Lipinski definition) is 1. The predicted molar refractivity (Wildman–Crippen MR) is 60.4 cm³/mol. The normalized spacial score (nSPS) is 10.6. The maximum absolute atomic E-state index is 5.12. The molecule has 1 aromatic heterocycles. The Bertz CT molecular complexity index is 468. The number of hydrogen-bond donors (Lipinski definition) is 1. The second-order valence-corrected chi connectivity index (χ2v) is 3.92. The van der Waals surface area contributed by atoms with E-state index in [2.05, 4.69) is 36.2 Å². The Morgan fingerprint density at radius 2 is 2.08 bits per heavy atom. The molecular weight excluding hydrogens is 178 g/mol.